The first-order valence-corrected chi connectivity index (χ1v) is 9.74. The average molecular weight is 409 g/mol. The fourth-order valence-electron chi connectivity index (χ4n) is 3.71. The number of piperidine rings is 1. The summed E-state index contributed by atoms with van der Waals surface area (Å²) in [6, 6.07) is 9.24. The molecular weight excluding hydrogens is 386 g/mol. The monoisotopic (exact) mass is 409 g/mol. The van der Waals surface area contributed by atoms with Crippen LogP contribution in [-0.4, -0.2) is 51.2 Å². The summed E-state index contributed by atoms with van der Waals surface area (Å²) < 4.78 is 0. The summed E-state index contributed by atoms with van der Waals surface area (Å²) in [5, 5.41) is 15.5. The normalized spacial score (nSPS) is 15.6. The summed E-state index contributed by atoms with van der Waals surface area (Å²) in [5.74, 6) is 0.179. The highest BCUT2D eigenvalue weighted by molar-refractivity contribution is 5.88. The third-order valence-electron chi connectivity index (χ3n) is 5.24. The largest absolute Gasteiger partial charge is 0.356 e. The summed E-state index contributed by atoms with van der Waals surface area (Å²) in [6.45, 7) is 1.48. The number of anilines is 1. The third kappa shape index (κ3) is 4.18. The summed E-state index contributed by atoms with van der Waals surface area (Å²) in [7, 11) is 0. The molecule has 1 aliphatic heterocycles. The number of amides is 3. The van der Waals surface area contributed by atoms with Gasteiger partial charge in [0.05, 0.1) is 5.39 Å². The van der Waals surface area contributed by atoms with E-state index in [0.717, 1.165) is 42.8 Å². The van der Waals surface area contributed by atoms with Gasteiger partial charge >= 0.3 is 6.03 Å². The molecule has 156 valence electrons. The van der Waals surface area contributed by atoms with E-state index in [4.69, 9.17) is 5.21 Å². The van der Waals surface area contributed by atoms with Crippen LogP contribution in [0.15, 0.2) is 48.9 Å². The molecule has 2 aromatic heterocycles. The Morgan fingerprint density at radius 3 is 2.63 bits per heavy atom. The Morgan fingerprint density at radius 2 is 1.90 bits per heavy atom. The number of carbonyl (C=O) groups is 2. The molecule has 10 heteroatoms. The highest BCUT2D eigenvalue weighted by Gasteiger charge is 2.26. The van der Waals surface area contributed by atoms with E-state index < -0.39 is 18.0 Å². The van der Waals surface area contributed by atoms with Crippen molar-refractivity contribution in [2.24, 2.45) is 0 Å². The van der Waals surface area contributed by atoms with E-state index in [1.807, 2.05) is 18.3 Å². The highest BCUT2D eigenvalue weighted by atomic mass is 16.5. The van der Waals surface area contributed by atoms with Crippen LogP contribution < -0.4 is 21.0 Å². The molecular formula is C20H23N7O3. The summed E-state index contributed by atoms with van der Waals surface area (Å²) in [4.78, 5) is 38.4. The van der Waals surface area contributed by atoms with E-state index in [9.17, 15) is 9.59 Å². The lowest BCUT2D eigenvalue weighted by Gasteiger charge is -2.33. The van der Waals surface area contributed by atoms with Gasteiger partial charge < -0.3 is 20.5 Å². The van der Waals surface area contributed by atoms with Gasteiger partial charge in [0.1, 0.15) is 23.8 Å². The minimum Gasteiger partial charge on any atom is -0.356 e. The Bertz CT molecular complexity index is 1020. The Balaban J connectivity index is 1.35. The van der Waals surface area contributed by atoms with Crippen LogP contribution in [0.25, 0.3) is 11.0 Å². The zero-order chi connectivity index (χ0) is 20.9. The number of hydroxylamine groups is 1. The van der Waals surface area contributed by atoms with Gasteiger partial charge in [-0.05, 0) is 24.5 Å². The first-order chi connectivity index (χ1) is 14.7. The number of urea groups is 1. The van der Waals surface area contributed by atoms with Crippen molar-refractivity contribution in [3.05, 3.63) is 54.5 Å². The number of fused-ring (bicyclic) bond motifs is 1. The zero-order valence-corrected chi connectivity index (χ0v) is 16.2. The summed E-state index contributed by atoms with van der Waals surface area (Å²) in [6.07, 6.45) is 4.87. The maximum atomic E-state index is 12.5. The Hall–Kier alpha value is -3.66. The van der Waals surface area contributed by atoms with Crippen LogP contribution >= 0.6 is 0 Å². The van der Waals surface area contributed by atoms with E-state index in [2.05, 4.69) is 30.5 Å². The van der Waals surface area contributed by atoms with Gasteiger partial charge in [-0.1, -0.05) is 30.3 Å². The van der Waals surface area contributed by atoms with E-state index in [-0.39, 0.29) is 6.04 Å². The molecule has 3 aromatic rings. The maximum Gasteiger partial charge on any atom is 0.315 e. The van der Waals surface area contributed by atoms with Crippen LogP contribution in [0, 0.1) is 0 Å². The lowest BCUT2D eigenvalue weighted by molar-refractivity contribution is -0.131. The van der Waals surface area contributed by atoms with Gasteiger partial charge in [-0.3, -0.25) is 10.0 Å². The van der Waals surface area contributed by atoms with Crippen molar-refractivity contribution in [2.45, 2.75) is 24.9 Å². The molecule has 1 atom stereocenters. The number of H-pyrrole nitrogens is 1. The Labute approximate surface area is 172 Å². The number of nitrogens with one attached hydrogen (secondary N) is 4. The fourth-order valence-corrected chi connectivity index (χ4v) is 3.71. The number of benzene rings is 1. The Kier molecular flexibility index (Phi) is 5.75. The topological polar surface area (TPSA) is 135 Å². The van der Waals surface area contributed by atoms with Gasteiger partial charge in [0.15, 0.2) is 0 Å². The number of rotatable bonds is 5. The first kappa shape index (κ1) is 19.6. The van der Waals surface area contributed by atoms with E-state index in [1.54, 1.807) is 36.1 Å². The van der Waals surface area contributed by atoms with Gasteiger partial charge in [-0.25, -0.2) is 20.2 Å². The van der Waals surface area contributed by atoms with Crippen molar-refractivity contribution in [2.75, 3.05) is 18.0 Å². The minimum absolute atomic E-state index is 0.0292. The SMILES string of the molecule is O=C(NC1CCN(c2ncnc3[nH]ccc23)CC1)N[C@@H](C(=O)NO)c1ccccc1. The minimum atomic E-state index is -0.987. The molecule has 30 heavy (non-hydrogen) atoms. The van der Waals surface area contributed by atoms with E-state index in [0.29, 0.717) is 5.56 Å². The predicted molar refractivity (Wildman–Crippen MR) is 110 cm³/mol. The molecule has 0 radical (unpaired) electrons. The Morgan fingerprint density at radius 1 is 1.13 bits per heavy atom. The van der Waals surface area contributed by atoms with E-state index >= 15 is 0 Å². The third-order valence-corrected chi connectivity index (χ3v) is 5.24. The number of aromatic nitrogens is 3. The van der Waals surface area contributed by atoms with Crippen molar-refractivity contribution < 1.29 is 14.8 Å². The number of hydrogen-bond acceptors (Lipinski definition) is 6. The molecule has 0 bridgehead atoms. The van der Waals surface area contributed by atoms with Crippen molar-refractivity contribution in [3.63, 3.8) is 0 Å². The number of nitrogens with zero attached hydrogens (tertiary/aromatic N) is 3. The summed E-state index contributed by atoms with van der Waals surface area (Å²) in [5.41, 5.74) is 2.98. The van der Waals surface area contributed by atoms with Crippen LogP contribution in [-0.2, 0) is 4.79 Å². The smallest absolute Gasteiger partial charge is 0.315 e. The molecule has 1 saturated heterocycles. The summed E-state index contributed by atoms with van der Waals surface area (Å²) >= 11 is 0. The quantitative estimate of drug-likeness (QED) is 0.320. The number of hydrogen-bond donors (Lipinski definition) is 5. The van der Waals surface area contributed by atoms with Crippen molar-refractivity contribution in [1.29, 1.82) is 0 Å². The molecule has 0 unspecified atom stereocenters. The lowest BCUT2D eigenvalue weighted by Crippen LogP contribution is -2.50. The van der Waals surface area contributed by atoms with Crippen LogP contribution in [0.5, 0.6) is 0 Å². The van der Waals surface area contributed by atoms with Gasteiger partial charge in [0.2, 0.25) is 0 Å². The molecule has 1 aromatic carbocycles. The molecule has 4 rings (SSSR count). The number of aromatic amines is 1. The molecule has 0 aliphatic carbocycles. The molecule has 3 heterocycles. The van der Waals surface area contributed by atoms with Crippen LogP contribution in [0.4, 0.5) is 10.6 Å². The molecule has 10 nitrogen and oxygen atoms in total. The second-order valence-electron chi connectivity index (χ2n) is 7.14. The molecule has 1 aliphatic rings. The molecule has 1 fully saturated rings. The number of carbonyl (C=O) groups excluding carboxylic acids is 2. The van der Waals surface area contributed by atoms with Gasteiger partial charge in [0.25, 0.3) is 5.91 Å². The zero-order valence-electron chi connectivity index (χ0n) is 16.2. The standard InChI is InChI=1S/C20H23N7O3/c28-19(26-30)16(13-4-2-1-3-5-13)25-20(29)24-14-7-10-27(11-8-14)18-15-6-9-21-17(15)22-12-23-18/h1-6,9,12,14,16,30H,7-8,10-11H2,(H,26,28)(H,21,22,23)(H2,24,25,29)/t16-/m1/s1. The van der Waals surface area contributed by atoms with Crippen LogP contribution in [0.2, 0.25) is 0 Å². The molecule has 0 saturated carbocycles. The first-order valence-electron chi connectivity index (χ1n) is 9.74. The highest BCUT2D eigenvalue weighted by Crippen LogP contribution is 2.25. The van der Waals surface area contributed by atoms with Crippen LogP contribution in [0.3, 0.4) is 0 Å². The predicted octanol–water partition coefficient (Wildman–Crippen LogP) is 1.47. The van der Waals surface area contributed by atoms with Gasteiger partial charge in [-0.2, -0.15) is 0 Å². The van der Waals surface area contributed by atoms with Crippen LogP contribution in [0.1, 0.15) is 24.4 Å². The van der Waals surface area contributed by atoms with Gasteiger partial charge in [-0.15, -0.1) is 0 Å². The maximum absolute atomic E-state index is 12.5. The van der Waals surface area contributed by atoms with Crippen molar-refractivity contribution >= 4 is 28.8 Å². The molecule has 0 spiro atoms. The van der Waals surface area contributed by atoms with E-state index in [1.165, 1.54) is 0 Å². The molecule has 5 N–H and O–H groups in total. The van der Waals surface area contributed by atoms with Gasteiger partial charge in [0, 0.05) is 25.3 Å². The lowest BCUT2D eigenvalue weighted by atomic mass is 10.0. The average Bonchev–Trinajstić information content (AvgIpc) is 3.27. The van der Waals surface area contributed by atoms with Crippen molar-refractivity contribution in [1.82, 2.24) is 31.1 Å². The van der Waals surface area contributed by atoms with Crippen molar-refractivity contribution in [3.8, 4) is 0 Å². The second-order valence-corrected chi connectivity index (χ2v) is 7.14. The second kappa shape index (κ2) is 8.78. The fraction of sp³-hybridized carbons (Fsp3) is 0.300. The molecule has 3 amide bonds.